The number of hydrogen-bond donors (Lipinski definition) is 3. The predicted molar refractivity (Wildman–Crippen MR) is 62.5 cm³/mol. The molecule has 1 amide bonds. The van der Waals surface area contributed by atoms with Crippen molar-refractivity contribution in [2.24, 2.45) is 11.8 Å². The van der Waals surface area contributed by atoms with Crippen LogP contribution in [0, 0.1) is 11.8 Å². The van der Waals surface area contributed by atoms with Gasteiger partial charge in [-0.2, -0.15) is 0 Å². The van der Waals surface area contributed by atoms with Gasteiger partial charge in [-0.25, -0.2) is 4.79 Å². The molecule has 0 aromatic heterocycles. The van der Waals surface area contributed by atoms with Crippen LogP contribution in [0.3, 0.4) is 0 Å². The number of nitrogens with one attached hydrogen (secondary N) is 2. The van der Waals surface area contributed by atoms with Gasteiger partial charge in [-0.15, -0.1) is 0 Å². The zero-order chi connectivity index (χ0) is 12.4. The van der Waals surface area contributed by atoms with E-state index < -0.39 is 12.0 Å². The molecule has 0 radical (unpaired) electrons. The number of carbonyl (C=O) groups is 2. The number of aliphatic carboxylic acids is 1. The van der Waals surface area contributed by atoms with Gasteiger partial charge in [0.15, 0.2) is 0 Å². The maximum Gasteiger partial charge on any atom is 0.327 e. The second-order valence-electron chi connectivity index (χ2n) is 5.28. The van der Waals surface area contributed by atoms with Gasteiger partial charge in [-0.05, 0) is 31.1 Å². The summed E-state index contributed by atoms with van der Waals surface area (Å²) in [6, 6.07) is -0.365. The smallest absolute Gasteiger partial charge is 0.327 e. The fourth-order valence-corrected chi connectivity index (χ4v) is 3.21. The summed E-state index contributed by atoms with van der Waals surface area (Å²) in [7, 11) is 0. The molecular formula is C12H20N2O3. The summed E-state index contributed by atoms with van der Waals surface area (Å²) >= 11 is 0. The molecule has 2 rings (SSSR count). The van der Waals surface area contributed by atoms with Crippen LogP contribution < -0.4 is 10.6 Å². The van der Waals surface area contributed by atoms with Crippen molar-refractivity contribution in [3.05, 3.63) is 0 Å². The molecule has 0 saturated heterocycles. The Morgan fingerprint density at radius 3 is 2.59 bits per heavy atom. The molecule has 17 heavy (non-hydrogen) atoms. The van der Waals surface area contributed by atoms with Gasteiger partial charge in [0.2, 0.25) is 5.91 Å². The highest BCUT2D eigenvalue weighted by Crippen LogP contribution is 2.44. The van der Waals surface area contributed by atoms with E-state index in [0.29, 0.717) is 18.5 Å². The molecule has 0 aromatic rings. The number of carbonyl (C=O) groups excluding carboxylic acids is 1. The lowest BCUT2D eigenvalue weighted by Gasteiger charge is -2.24. The first-order chi connectivity index (χ1) is 8.06. The first kappa shape index (κ1) is 12.4. The topological polar surface area (TPSA) is 78.4 Å². The van der Waals surface area contributed by atoms with E-state index in [2.05, 4.69) is 10.6 Å². The Labute approximate surface area is 101 Å². The Morgan fingerprint density at radius 2 is 2.12 bits per heavy atom. The fourth-order valence-electron chi connectivity index (χ4n) is 3.21. The standard InChI is InChI=1S/C12H20N2O3/c1-7(15)14-11(12(16)17)6-13-10-5-8-2-3-9(10)4-8/h8-11,13H,2-6H2,1H3,(H,14,15)(H,16,17). The van der Waals surface area contributed by atoms with Crippen LogP contribution in [-0.4, -0.2) is 35.6 Å². The van der Waals surface area contributed by atoms with Gasteiger partial charge in [0.25, 0.3) is 0 Å². The molecular weight excluding hydrogens is 220 g/mol. The normalized spacial score (nSPS) is 32.4. The molecule has 5 nitrogen and oxygen atoms in total. The van der Waals surface area contributed by atoms with Crippen LogP contribution in [-0.2, 0) is 9.59 Å². The van der Waals surface area contributed by atoms with Crippen molar-refractivity contribution in [1.82, 2.24) is 10.6 Å². The van der Waals surface area contributed by atoms with Crippen LogP contribution in [0.2, 0.25) is 0 Å². The molecule has 2 saturated carbocycles. The van der Waals surface area contributed by atoms with Gasteiger partial charge in [0, 0.05) is 19.5 Å². The Morgan fingerprint density at radius 1 is 1.35 bits per heavy atom. The van der Waals surface area contributed by atoms with E-state index in [1.54, 1.807) is 0 Å². The summed E-state index contributed by atoms with van der Waals surface area (Å²) < 4.78 is 0. The van der Waals surface area contributed by atoms with Crippen molar-refractivity contribution in [3.63, 3.8) is 0 Å². The highest BCUT2D eigenvalue weighted by Gasteiger charge is 2.39. The highest BCUT2D eigenvalue weighted by molar-refractivity contribution is 5.82. The minimum absolute atomic E-state index is 0.299. The average molecular weight is 240 g/mol. The lowest BCUT2D eigenvalue weighted by atomic mass is 9.95. The summed E-state index contributed by atoms with van der Waals surface area (Å²) in [6.07, 6.45) is 5.05. The Hall–Kier alpha value is -1.10. The summed E-state index contributed by atoms with van der Waals surface area (Å²) in [6.45, 7) is 1.66. The van der Waals surface area contributed by atoms with E-state index >= 15 is 0 Å². The van der Waals surface area contributed by atoms with Crippen LogP contribution >= 0.6 is 0 Å². The first-order valence-corrected chi connectivity index (χ1v) is 6.29. The third-order valence-electron chi connectivity index (χ3n) is 4.00. The Balaban J connectivity index is 1.79. The van der Waals surface area contributed by atoms with Gasteiger partial charge < -0.3 is 15.7 Å². The lowest BCUT2D eigenvalue weighted by Crippen LogP contribution is -2.49. The quantitative estimate of drug-likeness (QED) is 0.648. The van der Waals surface area contributed by atoms with Crippen molar-refractivity contribution in [1.29, 1.82) is 0 Å². The van der Waals surface area contributed by atoms with Crippen molar-refractivity contribution >= 4 is 11.9 Å². The van der Waals surface area contributed by atoms with E-state index in [1.165, 1.54) is 26.2 Å². The Bertz CT molecular complexity index is 319. The molecule has 0 aromatic carbocycles. The number of rotatable bonds is 5. The zero-order valence-corrected chi connectivity index (χ0v) is 10.1. The molecule has 96 valence electrons. The molecule has 0 aliphatic heterocycles. The summed E-state index contributed by atoms with van der Waals surface area (Å²) in [5.74, 6) is 0.274. The summed E-state index contributed by atoms with van der Waals surface area (Å²) in [5.41, 5.74) is 0. The number of carboxylic acid groups (broad SMARTS) is 1. The number of hydrogen-bond acceptors (Lipinski definition) is 3. The lowest BCUT2D eigenvalue weighted by molar-refractivity contribution is -0.141. The third kappa shape index (κ3) is 2.97. The molecule has 2 aliphatic rings. The minimum atomic E-state index is -0.976. The number of amides is 1. The first-order valence-electron chi connectivity index (χ1n) is 6.29. The van der Waals surface area contributed by atoms with Crippen LogP contribution in [0.1, 0.15) is 32.6 Å². The molecule has 2 aliphatic carbocycles. The maximum atomic E-state index is 10.9. The van der Waals surface area contributed by atoms with Gasteiger partial charge in [0.1, 0.15) is 6.04 Å². The van der Waals surface area contributed by atoms with Gasteiger partial charge >= 0.3 is 5.97 Å². The molecule has 3 N–H and O–H groups in total. The van der Waals surface area contributed by atoms with Crippen LogP contribution in [0.5, 0.6) is 0 Å². The second kappa shape index (κ2) is 5.04. The van der Waals surface area contributed by atoms with Crippen molar-refractivity contribution < 1.29 is 14.7 Å². The van der Waals surface area contributed by atoms with E-state index in [1.807, 2.05) is 0 Å². The van der Waals surface area contributed by atoms with Crippen molar-refractivity contribution in [3.8, 4) is 0 Å². The molecule has 2 fully saturated rings. The predicted octanol–water partition coefficient (Wildman–Crippen LogP) is 0.354. The van der Waals surface area contributed by atoms with Crippen molar-refractivity contribution in [2.45, 2.75) is 44.7 Å². The molecule has 0 spiro atoms. The van der Waals surface area contributed by atoms with Crippen LogP contribution in [0.25, 0.3) is 0 Å². The zero-order valence-electron chi connectivity index (χ0n) is 10.1. The maximum absolute atomic E-state index is 10.9. The SMILES string of the molecule is CC(=O)NC(CNC1CC2CCC1C2)C(=O)O. The molecule has 0 heterocycles. The summed E-state index contributed by atoms with van der Waals surface area (Å²) in [5, 5.41) is 14.7. The van der Waals surface area contributed by atoms with E-state index in [9.17, 15) is 9.59 Å². The Kier molecular flexibility index (Phi) is 3.66. The van der Waals surface area contributed by atoms with Crippen LogP contribution in [0.4, 0.5) is 0 Å². The minimum Gasteiger partial charge on any atom is -0.480 e. The largest absolute Gasteiger partial charge is 0.480 e. The monoisotopic (exact) mass is 240 g/mol. The molecule has 5 heteroatoms. The highest BCUT2D eigenvalue weighted by atomic mass is 16.4. The van der Waals surface area contributed by atoms with E-state index in [-0.39, 0.29) is 5.91 Å². The molecule has 2 bridgehead atoms. The average Bonchev–Trinajstić information content (AvgIpc) is 2.84. The second-order valence-corrected chi connectivity index (χ2v) is 5.28. The van der Waals surface area contributed by atoms with Crippen molar-refractivity contribution in [2.75, 3.05) is 6.54 Å². The molecule has 4 atom stereocenters. The van der Waals surface area contributed by atoms with Crippen LogP contribution in [0.15, 0.2) is 0 Å². The number of carboxylic acids is 1. The van der Waals surface area contributed by atoms with E-state index in [0.717, 1.165) is 12.3 Å². The van der Waals surface area contributed by atoms with E-state index in [4.69, 9.17) is 5.11 Å². The third-order valence-corrected chi connectivity index (χ3v) is 4.00. The fraction of sp³-hybridized carbons (Fsp3) is 0.833. The number of fused-ring (bicyclic) bond motifs is 2. The van der Waals surface area contributed by atoms with Gasteiger partial charge in [0.05, 0.1) is 0 Å². The van der Waals surface area contributed by atoms with Gasteiger partial charge in [-0.3, -0.25) is 4.79 Å². The summed E-state index contributed by atoms with van der Waals surface area (Å²) in [4.78, 5) is 21.8. The molecule has 4 unspecified atom stereocenters. The van der Waals surface area contributed by atoms with Gasteiger partial charge in [-0.1, -0.05) is 6.42 Å².